The summed E-state index contributed by atoms with van der Waals surface area (Å²) in [5.74, 6) is 0.998. The second-order valence-corrected chi connectivity index (χ2v) is 5.48. The van der Waals surface area contributed by atoms with Crippen molar-refractivity contribution in [2.75, 3.05) is 5.75 Å². The molecule has 0 spiro atoms. The Balaban J connectivity index is 2.49. The number of rotatable bonds is 4. The predicted molar refractivity (Wildman–Crippen MR) is 71.7 cm³/mol. The Hall–Kier alpha value is -0.810. The molecule has 0 saturated heterocycles. The van der Waals surface area contributed by atoms with Crippen molar-refractivity contribution >= 4 is 34.5 Å². The Labute approximate surface area is 110 Å². The lowest BCUT2D eigenvalue weighted by atomic mass is 10.4. The summed E-state index contributed by atoms with van der Waals surface area (Å²) in [7, 11) is 0. The molecule has 4 nitrogen and oxygen atoms in total. The first-order valence-corrected chi connectivity index (χ1v) is 7.02. The number of fused-ring (bicyclic) bond motifs is 1. The predicted octanol–water partition coefficient (Wildman–Crippen LogP) is 3.56. The highest BCUT2D eigenvalue weighted by Crippen LogP contribution is 2.25. The summed E-state index contributed by atoms with van der Waals surface area (Å²) in [4.78, 5) is 13.0. The highest BCUT2D eigenvalue weighted by Gasteiger charge is 2.13. The molecule has 0 atom stereocenters. The molecule has 92 valence electrons. The topological polar surface area (TPSA) is 43.6 Å². The van der Waals surface area contributed by atoms with Crippen LogP contribution in [-0.4, -0.2) is 25.3 Å². The van der Waals surface area contributed by atoms with Crippen LogP contribution in [0.15, 0.2) is 11.5 Å². The van der Waals surface area contributed by atoms with Gasteiger partial charge >= 0.3 is 0 Å². The molecule has 0 aliphatic carbocycles. The van der Waals surface area contributed by atoms with Crippen molar-refractivity contribution in [3.05, 3.63) is 11.5 Å². The highest BCUT2D eigenvalue weighted by atomic mass is 35.5. The number of thioether (sulfide) groups is 1. The summed E-state index contributed by atoms with van der Waals surface area (Å²) in [5, 5.41) is 1.17. The van der Waals surface area contributed by atoms with Crippen LogP contribution in [0, 0.1) is 0 Å². The summed E-state index contributed by atoms with van der Waals surface area (Å²) in [6.07, 6.45) is 2.86. The molecule has 0 aliphatic heterocycles. The zero-order chi connectivity index (χ0) is 12.4. The van der Waals surface area contributed by atoms with Crippen LogP contribution in [0.3, 0.4) is 0 Å². The molecule has 0 N–H and O–H groups in total. The van der Waals surface area contributed by atoms with Gasteiger partial charge < -0.3 is 4.57 Å². The Morgan fingerprint density at radius 1 is 1.41 bits per heavy atom. The molecule has 0 unspecified atom stereocenters. The van der Waals surface area contributed by atoms with Crippen LogP contribution in [0.5, 0.6) is 0 Å². The fraction of sp³-hybridized carbons (Fsp3) is 0.545. The van der Waals surface area contributed by atoms with E-state index in [4.69, 9.17) is 11.6 Å². The van der Waals surface area contributed by atoms with Crippen LogP contribution in [0.25, 0.3) is 11.2 Å². The molecular weight excluding hydrogens is 256 g/mol. The van der Waals surface area contributed by atoms with Gasteiger partial charge in [-0.1, -0.05) is 30.3 Å². The lowest BCUT2D eigenvalue weighted by Crippen LogP contribution is -2.01. The molecule has 2 rings (SSSR count). The maximum absolute atomic E-state index is 6.12. The van der Waals surface area contributed by atoms with Crippen molar-refractivity contribution < 1.29 is 0 Å². The van der Waals surface area contributed by atoms with E-state index < -0.39 is 0 Å². The highest BCUT2D eigenvalue weighted by molar-refractivity contribution is 7.99. The number of imidazole rings is 1. The zero-order valence-corrected chi connectivity index (χ0v) is 11.7. The summed E-state index contributed by atoms with van der Waals surface area (Å²) in [6, 6.07) is 0.315. The van der Waals surface area contributed by atoms with Gasteiger partial charge in [0.1, 0.15) is 5.52 Å². The third kappa shape index (κ3) is 2.55. The van der Waals surface area contributed by atoms with Crippen LogP contribution in [0.1, 0.15) is 33.2 Å². The molecule has 2 aromatic heterocycles. The van der Waals surface area contributed by atoms with E-state index in [1.54, 1.807) is 18.1 Å². The van der Waals surface area contributed by atoms with Crippen LogP contribution >= 0.6 is 23.4 Å². The van der Waals surface area contributed by atoms with Gasteiger partial charge in [0.05, 0.1) is 6.33 Å². The standard InChI is InChI=1S/C11H15ClN4S/c1-4-5-17-11-14-9(12)8-10(15-11)16(6-13-8)7(2)3/h6-7H,4-5H2,1-3H3. The van der Waals surface area contributed by atoms with Gasteiger partial charge in [0, 0.05) is 11.8 Å². The van der Waals surface area contributed by atoms with Crippen LogP contribution in [-0.2, 0) is 0 Å². The van der Waals surface area contributed by atoms with Gasteiger partial charge in [-0.2, -0.15) is 0 Å². The Bertz CT molecular complexity index is 523. The van der Waals surface area contributed by atoms with E-state index in [0.717, 1.165) is 23.0 Å². The molecule has 0 bridgehead atoms. The third-order valence-corrected chi connectivity index (χ3v) is 3.67. The molecule has 2 aromatic rings. The second kappa shape index (κ2) is 5.23. The number of aromatic nitrogens is 4. The number of hydrogen-bond donors (Lipinski definition) is 0. The van der Waals surface area contributed by atoms with Gasteiger partial charge in [-0.3, -0.25) is 0 Å². The van der Waals surface area contributed by atoms with Crippen molar-refractivity contribution in [2.45, 2.75) is 38.4 Å². The lowest BCUT2D eigenvalue weighted by molar-refractivity contribution is 0.610. The maximum Gasteiger partial charge on any atom is 0.191 e. The fourth-order valence-corrected chi connectivity index (χ4v) is 2.46. The molecule has 0 aromatic carbocycles. The second-order valence-electron chi connectivity index (χ2n) is 4.06. The minimum atomic E-state index is 0.315. The van der Waals surface area contributed by atoms with Crippen LogP contribution < -0.4 is 0 Å². The fourth-order valence-electron chi connectivity index (χ4n) is 1.50. The minimum Gasteiger partial charge on any atom is -0.313 e. The van der Waals surface area contributed by atoms with E-state index in [1.807, 2.05) is 4.57 Å². The maximum atomic E-state index is 6.12. The molecule has 6 heteroatoms. The van der Waals surface area contributed by atoms with E-state index in [2.05, 4.69) is 35.7 Å². The molecule has 17 heavy (non-hydrogen) atoms. The van der Waals surface area contributed by atoms with Crippen LogP contribution in [0.2, 0.25) is 5.15 Å². The number of hydrogen-bond acceptors (Lipinski definition) is 4. The first-order chi connectivity index (χ1) is 8.13. The quantitative estimate of drug-likeness (QED) is 0.484. The summed E-state index contributed by atoms with van der Waals surface area (Å²) in [6.45, 7) is 6.32. The van der Waals surface area contributed by atoms with E-state index in [1.165, 1.54) is 0 Å². The third-order valence-electron chi connectivity index (χ3n) is 2.35. The number of halogens is 1. The molecule has 0 amide bonds. The smallest absolute Gasteiger partial charge is 0.191 e. The van der Waals surface area contributed by atoms with Gasteiger partial charge in [-0.25, -0.2) is 15.0 Å². The van der Waals surface area contributed by atoms with E-state index in [-0.39, 0.29) is 0 Å². The molecule has 0 fully saturated rings. The van der Waals surface area contributed by atoms with Gasteiger partial charge in [0.2, 0.25) is 0 Å². The minimum absolute atomic E-state index is 0.315. The average molecular weight is 271 g/mol. The molecular formula is C11H15ClN4S. The van der Waals surface area contributed by atoms with Crippen molar-refractivity contribution in [3.63, 3.8) is 0 Å². The number of nitrogens with zero attached hydrogens (tertiary/aromatic N) is 4. The van der Waals surface area contributed by atoms with Gasteiger partial charge in [-0.15, -0.1) is 0 Å². The van der Waals surface area contributed by atoms with E-state index in [0.29, 0.717) is 16.7 Å². The Morgan fingerprint density at radius 2 is 2.18 bits per heavy atom. The van der Waals surface area contributed by atoms with Crippen LogP contribution in [0.4, 0.5) is 0 Å². The van der Waals surface area contributed by atoms with E-state index >= 15 is 0 Å². The largest absolute Gasteiger partial charge is 0.313 e. The first-order valence-electron chi connectivity index (χ1n) is 5.66. The molecule has 0 aliphatic rings. The van der Waals surface area contributed by atoms with E-state index in [9.17, 15) is 0 Å². The molecule has 0 saturated carbocycles. The lowest BCUT2D eigenvalue weighted by Gasteiger charge is -2.07. The first kappa shape index (κ1) is 12.6. The summed E-state index contributed by atoms with van der Waals surface area (Å²) >= 11 is 7.74. The van der Waals surface area contributed by atoms with Gasteiger partial charge in [0.15, 0.2) is 16.0 Å². The van der Waals surface area contributed by atoms with Gasteiger partial charge in [-0.05, 0) is 20.3 Å². The summed E-state index contributed by atoms with van der Waals surface area (Å²) < 4.78 is 2.01. The van der Waals surface area contributed by atoms with Crippen molar-refractivity contribution in [1.82, 2.24) is 19.5 Å². The summed E-state index contributed by atoms with van der Waals surface area (Å²) in [5.41, 5.74) is 1.50. The monoisotopic (exact) mass is 270 g/mol. The Kier molecular flexibility index (Phi) is 3.89. The van der Waals surface area contributed by atoms with Gasteiger partial charge in [0.25, 0.3) is 0 Å². The molecule has 0 radical (unpaired) electrons. The van der Waals surface area contributed by atoms with Crippen molar-refractivity contribution in [2.24, 2.45) is 0 Å². The average Bonchev–Trinajstić information content (AvgIpc) is 2.70. The van der Waals surface area contributed by atoms with Crippen molar-refractivity contribution in [1.29, 1.82) is 0 Å². The SMILES string of the molecule is CCCSc1nc(Cl)c2ncn(C(C)C)c2n1. The molecule has 2 heterocycles. The van der Waals surface area contributed by atoms with Crippen molar-refractivity contribution in [3.8, 4) is 0 Å². The Morgan fingerprint density at radius 3 is 2.82 bits per heavy atom. The zero-order valence-electron chi connectivity index (χ0n) is 10.1. The normalized spacial score (nSPS) is 11.6.